The van der Waals surface area contributed by atoms with Gasteiger partial charge in [-0.2, -0.15) is 22.0 Å². The van der Waals surface area contributed by atoms with E-state index in [0.29, 0.717) is 0 Å². The number of aliphatic hydroxyl groups excluding tert-OH is 1. The molecule has 3 aromatic rings. The molecule has 1 N–H and O–H groups in total. The van der Waals surface area contributed by atoms with E-state index in [0.717, 1.165) is 54.5 Å². The highest BCUT2D eigenvalue weighted by Crippen LogP contribution is 2.53. The van der Waals surface area contributed by atoms with Gasteiger partial charge in [-0.1, -0.05) is 24.3 Å². The highest BCUT2D eigenvalue weighted by molar-refractivity contribution is 8.00. The summed E-state index contributed by atoms with van der Waals surface area (Å²) in [4.78, 5) is 0. The quantitative estimate of drug-likeness (QED) is 0.735. The molecule has 2 aromatic heterocycles. The molecule has 0 radical (unpaired) electrons. The fourth-order valence-corrected chi connectivity index (χ4v) is 5.20. The number of rotatable bonds is 4. The molecular weight excluding hydrogens is 370 g/mol. The van der Waals surface area contributed by atoms with Gasteiger partial charge in [0.05, 0.1) is 17.7 Å². The molecule has 2 aliphatic rings. The van der Waals surface area contributed by atoms with Crippen LogP contribution in [0.2, 0.25) is 0 Å². The van der Waals surface area contributed by atoms with Crippen LogP contribution in [0.25, 0.3) is 11.3 Å². The standard InChI is InChI=1S/C21H23N5OS/c1-20(14-27)13-18-24-25-19(26(18)11-12-28-20)21(8-9-21)16-6-4-15(5-7-16)17-3-2-10-22-23-17/h2-7,10,27H,8-9,11-14H2,1H3. The van der Waals surface area contributed by atoms with E-state index < -0.39 is 0 Å². The number of hydrogen-bond acceptors (Lipinski definition) is 6. The summed E-state index contributed by atoms with van der Waals surface area (Å²) < 4.78 is 2.13. The lowest BCUT2D eigenvalue weighted by Crippen LogP contribution is -2.28. The van der Waals surface area contributed by atoms with Crippen LogP contribution in [0.1, 0.15) is 37.0 Å². The predicted octanol–water partition coefficient (Wildman–Crippen LogP) is 2.86. The summed E-state index contributed by atoms with van der Waals surface area (Å²) in [6.07, 6.45) is 4.64. The van der Waals surface area contributed by atoms with Gasteiger partial charge in [0.25, 0.3) is 0 Å². The average molecular weight is 394 g/mol. The molecule has 1 atom stereocenters. The summed E-state index contributed by atoms with van der Waals surface area (Å²) in [7, 11) is 0. The SMILES string of the molecule is CC1(CO)Cc2nnc(C3(c4ccc(-c5cccnn5)cc4)CC3)n2CCS1. The number of thioether (sulfide) groups is 1. The van der Waals surface area contributed by atoms with Crippen LogP contribution >= 0.6 is 11.8 Å². The van der Waals surface area contributed by atoms with Crippen molar-refractivity contribution < 1.29 is 5.11 Å². The van der Waals surface area contributed by atoms with Gasteiger partial charge in [-0.3, -0.25) is 0 Å². The highest BCUT2D eigenvalue weighted by atomic mass is 32.2. The zero-order valence-corrected chi connectivity index (χ0v) is 16.7. The zero-order valence-electron chi connectivity index (χ0n) is 15.9. The summed E-state index contributed by atoms with van der Waals surface area (Å²) in [5.74, 6) is 3.05. The molecule has 1 fully saturated rings. The monoisotopic (exact) mass is 393 g/mol. The molecule has 3 heterocycles. The summed E-state index contributed by atoms with van der Waals surface area (Å²) in [5.41, 5.74) is 3.21. The first-order valence-electron chi connectivity index (χ1n) is 9.70. The Hall–Kier alpha value is -2.25. The Morgan fingerprint density at radius 2 is 1.93 bits per heavy atom. The van der Waals surface area contributed by atoms with E-state index in [9.17, 15) is 5.11 Å². The number of nitrogens with zero attached hydrogens (tertiary/aromatic N) is 5. The van der Waals surface area contributed by atoms with Crippen molar-refractivity contribution in [3.05, 3.63) is 59.8 Å². The smallest absolute Gasteiger partial charge is 0.143 e. The zero-order chi connectivity index (χ0) is 19.2. The lowest BCUT2D eigenvalue weighted by molar-refractivity contribution is 0.254. The van der Waals surface area contributed by atoms with E-state index in [4.69, 9.17) is 0 Å². The number of hydrogen-bond donors (Lipinski definition) is 1. The first kappa shape index (κ1) is 17.8. The van der Waals surface area contributed by atoms with Crippen LogP contribution in [0.3, 0.4) is 0 Å². The van der Waals surface area contributed by atoms with Gasteiger partial charge < -0.3 is 9.67 Å². The number of aromatic nitrogens is 5. The van der Waals surface area contributed by atoms with Crippen molar-refractivity contribution in [1.82, 2.24) is 25.0 Å². The highest BCUT2D eigenvalue weighted by Gasteiger charge is 2.50. The molecule has 1 unspecified atom stereocenters. The van der Waals surface area contributed by atoms with Gasteiger partial charge >= 0.3 is 0 Å². The molecule has 0 spiro atoms. The van der Waals surface area contributed by atoms with Crippen molar-refractivity contribution >= 4 is 11.8 Å². The second kappa shape index (κ2) is 6.67. The van der Waals surface area contributed by atoms with E-state index >= 15 is 0 Å². The van der Waals surface area contributed by atoms with E-state index in [1.165, 1.54) is 5.56 Å². The summed E-state index contributed by atoms with van der Waals surface area (Å²) in [6, 6.07) is 12.5. The Labute approximate surface area is 168 Å². The largest absolute Gasteiger partial charge is 0.395 e. The third-order valence-corrected chi connectivity index (χ3v) is 7.30. The Balaban J connectivity index is 1.48. The molecule has 0 saturated heterocycles. The van der Waals surface area contributed by atoms with E-state index in [1.807, 2.05) is 23.9 Å². The van der Waals surface area contributed by atoms with Gasteiger partial charge in [-0.05, 0) is 37.5 Å². The summed E-state index contributed by atoms with van der Waals surface area (Å²) >= 11 is 1.83. The third-order valence-electron chi connectivity index (χ3n) is 5.94. The van der Waals surface area contributed by atoms with Crippen molar-refractivity contribution in [3.63, 3.8) is 0 Å². The minimum atomic E-state index is -0.173. The molecule has 1 aliphatic carbocycles. The first-order valence-corrected chi connectivity index (χ1v) is 10.7. The minimum absolute atomic E-state index is 0.0310. The Bertz CT molecular complexity index is 984. The molecule has 6 nitrogen and oxygen atoms in total. The lowest BCUT2D eigenvalue weighted by Gasteiger charge is -2.23. The molecule has 0 amide bonds. The van der Waals surface area contributed by atoms with Crippen molar-refractivity contribution in [1.29, 1.82) is 0 Å². The van der Waals surface area contributed by atoms with Crippen molar-refractivity contribution in [2.24, 2.45) is 0 Å². The molecule has 28 heavy (non-hydrogen) atoms. The van der Waals surface area contributed by atoms with Crippen LogP contribution in [0.5, 0.6) is 0 Å². The summed E-state index contributed by atoms with van der Waals surface area (Å²) in [6.45, 7) is 3.17. The summed E-state index contributed by atoms with van der Waals surface area (Å²) in [5, 5.41) is 27.1. The van der Waals surface area contributed by atoms with Gasteiger partial charge in [-0.25, -0.2) is 0 Å². The van der Waals surface area contributed by atoms with Gasteiger partial charge in [0, 0.05) is 35.2 Å². The minimum Gasteiger partial charge on any atom is -0.395 e. The van der Waals surface area contributed by atoms with Crippen LogP contribution in [0, 0.1) is 0 Å². The fraction of sp³-hybridized carbons (Fsp3) is 0.429. The maximum atomic E-state index is 9.79. The average Bonchev–Trinajstić information content (AvgIpc) is 3.49. The van der Waals surface area contributed by atoms with Crippen LogP contribution in [-0.4, -0.2) is 47.2 Å². The van der Waals surface area contributed by atoms with E-state index in [-0.39, 0.29) is 16.8 Å². The van der Waals surface area contributed by atoms with Crippen LogP contribution < -0.4 is 0 Å². The number of benzene rings is 1. The Morgan fingerprint density at radius 1 is 1.11 bits per heavy atom. The maximum absolute atomic E-state index is 9.79. The third kappa shape index (κ3) is 2.93. The number of aliphatic hydroxyl groups is 1. The van der Waals surface area contributed by atoms with E-state index in [1.54, 1.807) is 6.20 Å². The normalized spacial score (nSPS) is 23.1. The van der Waals surface area contributed by atoms with Crippen LogP contribution in [0.4, 0.5) is 0 Å². The predicted molar refractivity (Wildman–Crippen MR) is 109 cm³/mol. The molecule has 1 saturated carbocycles. The van der Waals surface area contributed by atoms with E-state index in [2.05, 4.69) is 56.2 Å². The molecule has 1 aromatic carbocycles. The van der Waals surface area contributed by atoms with Gasteiger partial charge in [-0.15, -0.1) is 10.2 Å². The second-order valence-corrected chi connectivity index (χ2v) is 9.68. The fourth-order valence-electron chi connectivity index (χ4n) is 4.11. The van der Waals surface area contributed by atoms with Crippen molar-refractivity contribution in [2.75, 3.05) is 12.4 Å². The van der Waals surface area contributed by atoms with Crippen molar-refractivity contribution in [3.8, 4) is 11.3 Å². The van der Waals surface area contributed by atoms with Gasteiger partial charge in [0.2, 0.25) is 0 Å². The molecular formula is C21H23N5OS. The molecule has 5 rings (SSSR count). The van der Waals surface area contributed by atoms with Crippen LogP contribution in [0.15, 0.2) is 42.6 Å². The lowest BCUT2D eigenvalue weighted by atomic mass is 9.93. The molecule has 0 bridgehead atoms. The molecule has 144 valence electrons. The van der Waals surface area contributed by atoms with Gasteiger partial charge in [0.1, 0.15) is 11.6 Å². The number of fused-ring (bicyclic) bond motifs is 1. The Kier molecular flexibility index (Phi) is 4.25. The van der Waals surface area contributed by atoms with Crippen LogP contribution in [-0.2, 0) is 18.4 Å². The Morgan fingerprint density at radius 3 is 2.61 bits per heavy atom. The topological polar surface area (TPSA) is 76.7 Å². The molecule has 1 aliphatic heterocycles. The first-order chi connectivity index (χ1) is 13.6. The molecule has 7 heteroatoms. The van der Waals surface area contributed by atoms with Gasteiger partial charge in [0.15, 0.2) is 0 Å². The van der Waals surface area contributed by atoms with Crippen molar-refractivity contribution in [2.45, 2.75) is 42.9 Å². The second-order valence-electron chi connectivity index (χ2n) is 7.99. The maximum Gasteiger partial charge on any atom is 0.143 e.